The maximum Gasteiger partial charge on any atom is 0.328 e. The Morgan fingerprint density at radius 1 is 1.20 bits per heavy atom. The number of ether oxygens (including phenoxy) is 1. The Kier molecular flexibility index (Phi) is 2.49. The number of likely N-dealkylation sites (N-methyl/N-ethyl adjacent to an activating group) is 1. The van der Waals surface area contributed by atoms with Crippen molar-refractivity contribution in [1.82, 2.24) is 4.90 Å². The molecule has 0 N–H and O–H groups in total. The van der Waals surface area contributed by atoms with E-state index in [1.807, 2.05) is 50.2 Å². The highest BCUT2D eigenvalue weighted by Crippen LogP contribution is 2.34. The summed E-state index contributed by atoms with van der Waals surface area (Å²) in [5, 5.41) is 0. The Labute approximate surface area is 89.7 Å². The Balaban J connectivity index is 2.51. The van der Waals surface area contributed by atoms with Gasteiger partial charge in [0, 0.05) is 0 Å². The summed E-state index contributed by atoms with van der Waals surface area (Å²) in [7, 11) is 3.78. The van der Waals surface area contributed by atoms with Crippen LogP contribution in [0.5, 0.6) is 0 Å². The highest BCUT2D eigenvalue weighted by atomic mass is 16.5. The van der Waals surface area contributed by atoms with E-state index in [2.05, 4.69) is 0 Å². The summed E-state index contributed by atoms with van der Waals surface area (Å²) in [5.41, 5.74) is 2.17. The normalized spacial score (nSPS) is 24.9. The third-order valence-electron chi connectivity index (χ3n) is 2.76. The van der Waals surface area contributed by atoms with Crippen LogP contribution in [0, 0.1) is 0 Å². The lowest BCUT2D eigenvalue weighted by Gasteiger charge is -2.32. The SMILES string of the molecule is C[C@@H]1OC(=O)[C@H](N(C)C)c2ccccc21. The van der Waals surface area contributed by atoms with Gasteiger partial charge in [-0.2, -0.15) is 0 Å². The average molecular weight is 205 g/mol. The van der Waals surface area contributed by atoms with Gasteiger partial charge in [-0.25, -0.2) is 4.79 Å². The molecule has 0 spiro atoms. The average Bonchev–Trinajstić information content (AvgIpc) is 2.17. The highest BCUT2D eigenvalue weighted by molar-refractivity contribution is 5.80. The fourth-order valence-electron chi connectivity index (χ4n) is 2.05. The van der Waals surface area contributed by atoms with Gasteiger partial charge in [-0.05, 0) is 32.1 Å². The third-order valence-corrected chi connectivity index (χ3v) is 2.76. The lowest BCUT2D eigenvalue weighted by molar-refractivity contribution is -0.156. The number of fused-ring (bicyclic) bond motifs is 1. The van der Waals surface area contributed by atoms with Gasteiger partial charge in [-0.1, -0.05) is 24.3 Å². The molecule has 0 saturated carbocycles. The van der Waals surface area contributed by atoms with Gasteiger partial charge in [0.1, 0.15) is 12.1 Å². The molecule has 1 aromatic carbocycles. The summed E-state index contributed by atoms with van der Waals surface area (Å²) in [5.74, 6) is -0.161. The molecular formula is C12H15NO2. The molecule has 0 amide bonds. The zero-order valence-electron chi connectivity index (χ0n) is 9.23. The van der Waals surface area contributed by atoms with E-state index in [1.54, 1.807) is 0 Å². The van der Waals surface area contributed by atoms with E-state index in [-0.39, 0.29) is 18.1 Å². The maximum absolute atomic E-state index is 11.7. The second-order valence-corrected chi connectivity index (χ2v) is 4.07. The summed E-state index contributed by atoms with van der Waals surface area (Å²) in [4.78, 5) is 13.6. The molecule has 2 rings (SSSR count). The minimum Gasteiger partial charge on any atom is -0.456 e. The second-order valence-electron chi connectivity index (χ2n) is 4.07. The number of carbonyl (C=O) groups is 1. The van der Waals surface area contributed by atoms with Crippen LogP contribution in [0.15, 0.2) is 24.3 Å². The van der Waals surface area contributed by atoms with Crippen LogP contribution >= 0.6 is 0 Å². The molecule has 3 heteroatoms. The molecule has 3 nitrogen and oxygen atoms in total. The van der Waals surface area contributed by atoms with Crippen molar-refractivity contribution < 1.29 is 9.53 Å². The first kappa shape index (κ1) is 10.2. The number of rotatable bonds is 1. The van der Waals surface area contributed by atoms with Gasteiger partial charge in [0.2, 0.25) is 0 Å². The van der Waals surface area contributed by atoms with E-state index in [1.165, 1.54) is 0 Å². The molecule has 80 valence electrons. The molecule has 0 unspecified atom stereocenters. The molecule has 0 saturated heterocycles. The van der Waals surface area contributed by atoms with Crippen LogP contribution in [-0.4, -0.2) is 25.0 Å². The van der Waals surface area contributed by atoms with Crippen LogP contribution < -0.4 is 0 Å². The van der Waals surface area contributed by atoms with Crippen molar-refractivity contribution in [1.29, 1.82) is 0 Å². The van der Waals surface area contributed by atoms with Crippen molar-refractivity contribution in [2.24, 2.45) is 0 Å². The summed E-state index contributed by atoms with van der Waals surface area (Å²) in [6.07, 6.45) is -0.134. The van der Waals surface area contributed by atoms with E-state index >= 15 is 0 Å². The van der Waals surface area contributed by atoms with Gasteiger partial charge in [-0.15, -0.1) is 0 Å². The van der Waals surface area contributed by atoms with E-state index in [4.69, 9.17) is 4.74 Å². The third kappa shape index (κ3) is 1.63. The van der Waals surface area contributed by atoms with Gasteiger partial charge in [0.05, 0.1) is 0 Å². The van der Waals surface area contributed by atoms with Crippen molar-refractivity contribution >= 4 is 5.97 Å². The lowest BCUT2D eigenvalue weighted by atomic mass is 9.94. The molecule has 15 heavy (non-hydrogen) atoms. The number of benzene rings is 1. The topological polar surface area (TPSA) is 29.5 Å². The van der Waals surface area contributed by atoms with Crippen molar-refractivity contribution in [3.05, 3.63) is 35.4 Å². The highest BCUT2D eigenvalue weighted by Gasteiger charge is 2.34. The maximum atomic E-state index is 11.7. The molecular weight excluding hydrogens is 190 g/mol. The molecule has 1 aromatic rings. The van der Waals surface area contributed by atoms with Crippen molar-refractivity contribution in [3.8, 4) is 0 Å². The fraction of sp³-hybridized carbons (Fsp3) is 0.417. The molecule has 0 radical (unpaired) electrons. The van der Waals surface area contributed by atoms with Crippen LogP contribution in [0.1, 0.15) is 30.2 Å². The van der Waals surface area contributed by atoms with Crippen molar-refractivity contribution in [3.63, 3.8) is 0 Å². The van der Waals surface area contributed by atoms with Crippen LogP contribution in [0.3, 0.4) is 0 Å². The first-order valence-electron chi connectivity index (χ1n) is 5.07. The number of carbonyl (C=O) groups excluding carboxylic acids is 1. The second kappa shape index (κ2) is 3.66. The zero-order chi connectivity index (χ0) is 11.0. The Bertz CT molecular complexity index is 387. The van der Waals surface area contributed by atoms with Crippen LogP contribution in [0.25, 0.3) is 0 Å². The monoisotopic (exact) mass is 205 g/mol. The summed E-state index contributed by atoms with van der Waals surface area (Å²) in [6, 6.07) is 7.68. The predicted octanol–water partition coefficient (Wildman–Crippen LogP) is 1.91. The first-order chi connectivity index (χ1) is 7.11. The van der Waals surface area contributed by atoms with Gasteiger partial charge in [0.15, 0.2) is 0 Å². The number of hydrogen-bond acceptors (Lipinski definition) is 3. The molecule has 0 aromatic heterocycles. The number of hydrogen-bond donors (Lipinski definition) is 0. The summed E-state index contributed by atoms with van der Waals surface area (Å²) >= 11 is 0. The molecule has 1 heterocycles. The van der Waals surface area contributed by atoms with Crippen molar-refractivity contribution in [2.45, 2.75) is 19.1 Å². The molecule has 1 aliphatic rings. The number of nitrogens with zero attached hydrogens (tertiary/aromatic N) is 1. The van der Waals surface area contributed by atoms with E-state index in [9.17, 15) is 4.79 Å². The Hall–Kier alpha value is -1.35. The minimum atomic E-state index is -0.266. The zero-order valence-corrected chi connectivity index (χ0v) is 9.23. The first-order valence-corrected chi connectivity index (χ1v) is 5.07. The summed E-state index contributed by atoms with van der Waals surface area (Å²) in [6.45, 7) is 1.91. The van der Waals surface area contributed by atoms with Crippen LogP contribution in [0.4, 0.5) is 0 Å². The number of cyclic esters (lactones) is 1. The van der Waals surface area contributed by atoms with Crippen LogP contribution in [-0.2, 0) is 9.53 Å². The van der Waals surface area contributed by atoms with Crippen LogP contribution in [0.2, 0.25) is 0 Å². The smallest absolute Gasteiger partial charge is 0.328 e. The standard InChI is InChI=1S/C12H15NO2/c1-8-9-6-4-5-7-10(9)11(13(2)3)12(14)15-8/h4-8,11H,1-3H3/t8-,11+/m0/s1. The van der Waals surface area contributed by atoms with Gasteiger partial charge in [0.25, 0.3) is 0 Å². The quantitative estimate of drug-likeness (QED) is 0.656. The largest absolute Gasteiger partial charge is 0.456 e. The Morgan fingerprint density at radius 2 is 1.80 bits per heavy atom. The molecule has 0 fully saturated rings. The van der Waals surface area contributed by atoms with Gasteiger partial charge in [-0.3, -0.25) is 4.90 Å². The van der Waals surface area contributed by atoms with Gasteiger partial charge >= 0.3 is 5.97 Å². The minimum absolute atomic E-state index is 0.134. The lowest BCUT2D eigenvalue weighted by Crippen LogP contribution is -2.34. The predicted molar refractivity (Wildman–Crippen MR) is 57.4 cm³/mol. The molecule has 1 aliphatic heterocycles. The van der Waals surface area contributed by atoms with Gasteiger partial charge < -0.3 is 4.74 Å². The van der Waals surface area contributed by atoms with E-state index < -0.39 is 0 Å². The van der Waals surface area contributed by atoms with E-state index in [0.717, 1.165) is 11.1 Å². The summed E-state index contributed by atoms with van der Waals surface area (Å²) < 4.78 is 5.31. The Morgan fingerprint density at radius 3 is 2.40 bits per heavy atom. The van der Waals surface area contributed by atoms with Crippen molar-refractivity contribution in [2.75, 3.05) is 14.1 Å². The van der Waals surface area contributed by atoms with E-state index in [0.29, 0.717) is 0 Å². The molecule has 0 bridgehead atoms. The molecule has 2 atom stereocenters. The molecule has 0 aliphatic carbocycles. The fourth-order valence-corrected chi connectivity index (χ4v) is 2.05. The number of esters is 1.